The third-order valence-corrected chi connectivity index (χ3v) is 4.02. The molecule has 5 heteroatoms. The molecule has 22 heavy (non-hydrogen) atoms. The summed E-state index contributed by atoms with van der Waals surface area (Å²) in [6, 6.07) is 7.68. The third-order valence-electron chi connectivity index (χ3n) is 4.02. The summed E-state index contributed by atoms with van der Waals surface area (Å²) in [4.78, 5) is 0. The molecule has 1 fully saturated rings. The van der Waals surface area contributed by atoms with Crippen molar-refractivity contribution in [2.45, 2.75) is 37.4 Å². The minimum absolute atomic E-state index is 0.00939. The van der Waals surface area contributed by atoms with Crippen LogP contribution in [0.25, 0.3) is 0 Å². The molecule has 1 N–H and O–H groups in total. The van der Waals surface area contributed by atoms with Crippen molar-refractivity contribution in [2.24, 2.45) is 0 Å². The van der Waals surface area contributed by atoms with Gasteiger partial charge in [-0.05, 0) is 25.0 Å². The predicted molar refractivity (Wildman–Crippen MR) is 80.7 cm³/mol. The van der Waals surface area contributed by atoms with E-state index in [1.165, 1.54) is 0 Å². The zero-order valence-electron chi connectivity index (χ0n) is 12.7. The van der Waals surface area contributed by atoms with Gasteiger partial charge in [0.15, 0.2) is 6.29 Å². The lowest BCUT2D eigenvalue weighted by Crippen LogP contribution is -2.45. The predicted octanol–water partition coefficient (Wildman–Crippen LogP) is 2.21. The van der Waals surface area contributed by atoms with E-state index in [2.05, 4.69) is 6.08 Å². The standard InChI is InChI=1S/C17H22O5/c1-19-13-8-6-12(7-9-13)17-20-11-16-15(22-17)5-3-2-4-14(10-18)21-16/h2-3,6-9,14-18H,4-5,10-11H2,1H3/b3-2-/t14-,15+,16-,17-/m1/s1. The molecule has 2 aliphatic heterocycles. The van der Waals surface area contributed by atoms with E-state index >= 15 is 0 Å². The molecule has 1 aromatic carbocycles. The van der Waals surface area contributed by atoms with Crippen molar-refractivity contribution in [2.75, 3.05) is 20.3 Å². The molecule has 4 atom stereocenters. The summed E-state index contributed by atoms with van der Waals surface area (Å²) in [6.07, 6.45) is 4.87. The van der Waals surface area contributed by atoms with Gasteiger partial charge in [-0.1, -0.05) is 24.3 Å². The Labute approximate surface area is 130 Å². The molecule has 2 heterocycles. The Hall–Kier alpha value is -1.40. The number of benzene rings is 1. The molecular formula is C17H22O5. The highest BCUT2D eigenvalue weighted by molar-refractivity contribution is 5.28. The largest absolute Gasteiger partial charge is 0.497 e. The molecule has 5 nitrogen and oxygen atoms in total. The van der Waals surface area contributed by atoms with Gasteiger partial charge in [-0.2, -0.15) is 0 Å². The van der Waals surface area contributed by atoms with Gasteiger partial charge in [0.25, 0.3) is 0 Å². The molecule has 0 amide bonds. The fraction of sp³-hybridized carbons (Fsp3) is 0.529. The molecule has 0 unspecified atom stereocenters. The molecule has 2 aliphatic rings. The molecule has 120 valence electrons. The van der Waals surface area contributed by atoms with Gasteiger partial charge in [-0.3, -0.25) is 0 Å². The number of aliphatic hydroxyl groups is 1. The average molecular weight is 306 g/mol. The minimum atomic E-state index is -0.392. The van der Waals surface area contributed by atoms with E-state index < -0.39 is 6.29 Å². The number of ether oxygens (including phenoxy) is 4. The number of hydrogen-bond acceptors (Lipinski definition) is 5. The first kappa shape index (κ1) is 15.5. The van der Waals surface area contributed by atoms with Gasteiger partial charge in [0.1, 0.15) is 11.9 Å². The maximum Gasteiger partial charge on any atom is 0.184 e. The van der Waals surface area contributed by atoms with Crippen molar-refractivity contribution in [3.63, 3.8) is 0 Å². The van der Waals surface area contributed by atoms with Gasteiger partial charge in [-0.15, -0.1) is 0 Å². The molecule has 0 bridgehead atoms. The monoisotopic (exact) mass is 306 g/mol. The first-order chi connectivity index (χ1) is 10.8. The fourth-order valence-corrected chi connectivity index (χ4v) is 2.74. The summed E-state index contributed by atoms with van der Waals surface area (Å²) in [5, 5.41) is 9.33. The van der Waals surface area contributed by atoms with Crippen LogP contribution in [0.15, 0.2) is 36.4 Å². The molecule has 3 rings (SSSR count). The van der Waals surface area contributed by atoms with E-state index in [1.54, 1.807) is 7.11 Å². The van der Waals surface area contributed by atoms with Crippen LogP contribution in [-0.2, 0) is 14.2 Å². The third kappa shape index (κ3) is 3.50. The van der Waals surface area contributed by atoms with Crippen molar-refractivity contribution >= 4 is 0 Å². The van der Waals surface area contributed by atoms with Gasteiger partial charge in [0.2, 0.25) is 0 Å². The molecule has 0 aliphatic carbocycles. The SMILES string of the molecule is COc1ccc([C@@H]2OC[C@H]3O[C@@H](CO)C/C=C\C[C@@H]3O2)cc1. The maximum atomic E-state index is 9.33. The Morgan fingerprint density at radius 3 is 2.59 bits per heavy atom. The topological polar surface area (TPSA) is 57.2 Å². The van der Waals surface area contributed by atoms with Crippen LogP contribution in [0.3, 0.4) is 0 Å². The van der Waals surface area contributed by atoms with Crippen molar-refractivity contribution in [3.05, 3.63) is 42.0 Å². The lowest BCUT2D eigenvalue weighted by Gasteiger charge is -2.38. The summed E-state index contributed by atoms with van der Waals surface area (Å²) in [6.45, 7) is 0.473. The second-order valence-electron chi connectivity index (χ2n) is 5.53. The first-order valence-electron chi connectivity index (χ1n) is 7.62. The summed E-state index contributed by atoms with van der Waals surface area (Å²) < 4.78 is 22.9. The van der Waals surface area contributed by atoms with Gasteiger partial charge < -0.3 is 24.1 Å². The highest BCUT2D eigenvalue weighted by atomic mass is 16.7. The van der Waals surface area contributed by atoms with E-state index in [4.69, 9.17) is 18.9 Å². The quantitative estimate of drug-likeness (QED) is 0.868. The van der Waals surface area contributed by atoms with Crippen LogP contribution in [0, 0.1) is 0 Å². The van der Waals surface area contributed by atoms with Crippen molar-refractivity contribution in [1.82, 2.24) is 0 Å². The molecule has 1 aromatic rings. The average Bonchev–Trinajstić information content (AvgIpc) is 2.55. The lowest BCUT2D eigenvalue weighted by molar-refractivity contribution is -0.273. The molecule has 0 spiro atoms. The van der Waals surface area contributed by atoms with Gasteiger partial charge >= 0.3 is 0 Å². The van der Waals surface area contributed by atoms with E-state index in [9.17, 15) is 5.11 Å². The van der Waals surface area contributed by atoms with Crippen LogP contribution in [0.4, 0.5) is 0 Å². The van der Waals surface area contributed by atoms with Gasteiger partial charge in [0, 0.05) is 5.56 Å². The van der Waals surface area contributed by atoms with Crippen molar-refractivity contribution in [1.29, 1.82) is 0 Å². The van der Waals surface area contributed by atoms with Crippen LogP contribution >= 0.6 is 0 Å². The molecule has 0 aromatic heterocycles. The Balaban J connectivity index is 1.68. The minimum Gasteiger partial charge on any atom is -0.497 e. The number of methoxy groups -OCH3 is 1. The first-order valence-corrected chi connectivity index (χ1v) is 7.62. The van der Waals surface area contributed by atoms with E-state index in [1.807, 2.05) is 30.3 Å². The maximum absolute atomic E-state index is 9.33. The number of fused-ring (bicyclic) bond motifs is 1. The fourth-order valence-electron chi connectivity index (χ4n) is 2.74. The molecule has 0 radical (unpaired) electrons. The van der Waals surface area contributed by atoms with Crippen molar-refractivity contribution < 1.29 is 24.1 Å². The second kappa shape index (κ2) is 7.24. The number of rotatable bonds is 3. The number of aliphatic hydroxyl groups excluding tert-OH is 1. The van der Waals surface area contributed by atoms with Crippen molar-refractivity contribution in [3.8, 4) is 5.75 Å². The molecule has 0 saturated carbocycles. The van der Waals surface area contributed by atoms with Gasteiger partial charge in [0.05, 0.1) is 32.5 Å². The zero-order chi connectivity index (χ0) is 15.4. The van der Waals surface area contributed by atoms with Crippen LogP contribution in [0.5, 0.6) is 5.75 Å². The number of hydrogen-bond donors (Lipinski definition) is 1. The molecule has 1 saturated heterocycles. The summed E-state index contributed by atoms with van der Waals surface area (Å²) in [7, 11) is 1.64. The van der Waals surface area contributed by atoms with Crippen LogP contribution in [0.2, 0.25) is 0 Å². The summed E-state index contributed by atoms with van der Waals surface area (Å²) >= 11 is 0. The molecular weight excluding hydrogens is 284 g/mol. The Morgan fingerprint density at radius 1 is 1.09 bits per heavy atom. The summed E-state index contributed by atoms with van der Waals surface area (Å²) in [5.41, 5.74) is 0.962. The normalized spacial score (nSPS) is 33.4. The van der Waals surface area contributed by atoms with Gasteiger partial charge in [-0.25, -0.2) is 0 Å². The second-order valence-corrected chi connectivity index (χ2v) is 5.53. The Bertz CT molecular complexity index is 498. The van der Waals surface area contributed by atoms with E-state index in [-0.39, 0.29) is 24.9 Å². The van der Waals surface area contributed by atoms with E-state index in [0.717, 1.165) is 24.2 Å². The Morgan fingerprint density at radius 2 is 1.86 bits per heavy atom. The highest BCUT2D eigenvalue weighted by Crippen LogP contribution is 2.31. The summed E-state index contributed by atoms with van der Waals surface area (Å²) in [5.74, 6) is 0.806. The highest BCUT2D eigenvalue weighted by Gasteiger charge is 2.34. The lowest BCUT2D eigenvalue weighted by atomic mass is 10.1. The Kier molecular flexibility index (Phi) is 5.10. The zero-order valence-corrected chi connectivity index (χ0v) is 12.7. The van der Waals surface area contributed by atoms with Crippen LogP contribution < -0.4 is 4.74 Å². The smallest absolute Gasteiger partial charge is 0.184 e. The van der Waals surface area contributed by atoms with Crippen LogP contribution in [-0.4, -0.2) is 43.7 Å². The van der Waals surface area contributed by atoms with Crippen LogP contribution in [0.1, 0.15) is 24.7 Å². The van der Waals surface area contributed by atoms with E-state index in [0.29, 0.717) is 6.61 Å².